The summed E-state index contributed by atoms with van der Waals surface area (Å²) in [6.45, 7) is 1.27. The van der Waals surface area contributed by atoms with Crippen molar-refractivity contribution in [3.05, 3.63) is 21.3 Å². The zero-order valence-corrected chi connectivity index (χ0v) is 13.3. The number of unbranched alkanes of at least 4 members (excludes halogenated alkanes) is 1. The molecule has 5 nitrogen and oxygen atoms in total. The Balaban J connectivity index is 2.79. The first-order valence-corrected chi connectivity index (χ1v) is 7.11. The van der Waals surface area contributed by atoms with Gasteiger partial charge in [0.1, 0.15) is 0 Å². The lowest BCUT2D eigenvalue weighted by molar-refractivity contribution is 0.0951. The number of nitrogens with one attached hydrogen (secondary N) is 1. The minimum absolute atomic E-state index is 0.109. The molecule has 1 amide bonds. The average Bonchev–Trinajstić information content (AvgIpc) is 2.42. The maximum Gasteiger partial charge on any atom is 0.252 e. The molecule has 6 heteroatoms. The number of benzene rings is 1. The van der Waals surface area contributed by atoms with Gasteiger partial charge >= 0.3 is 0 Å². The van der Waals surface area contributed by atoms with Gasteiger partial charge in [0.15, 0.2) is 11.5 Å². The monoisotopic (exact) mass is 378 g/mol. The highest BCUT2D eigenvalue weighted by molar-refractivity contribution is 14.1. The number of carbonyl (C=O) groups excluding carboxylic acids is 1. The van der Waals surface area contributed by atoms with E-state index in [1.165, 1.54) is 0 Å². The van der Waals surface area contributed by atoms with Gasteiger partial charge in [0.25, 0.3) is 5.91 Å². The van der Waals surface area contributed by atoms with Gasteiger partial charge in [-0.1, -0.05) is 0 Å². The lowest BCUT2D eigenvalue weighted by Crippen LogP contribution is -2.25. The van der Waals surface area contributed by atoms with Crippen molar-refractivity contribution in [3.8, 4) is 11.5 Å². The van der Waals surface area contributed by atoms with Crippen LogP contribution in [-0.2, 0) is 0 Å². The zero-order chi connectivity index (χ0) is 14.3. The number of amides is 1. The van der Waals surface area contributed by atoms with Gasteiger partial charge in [-0.2, -0.15) is 0 Å². The smallest absolute Gasteiger partial charge is 0.252 e. The molecule has 0 bridgehead atoms. The van der Waals surface area contributed by atoms with Crippen molar-refractivity contribution >= 4 is 28.5 Å². The molecular weight excluding hydrogens is 359 g/mol. The summed E-state index contributed by atoms with van der Waals surface area (Å²) in [5.74, 6) is 1.06. The van der Waals surface area contributed by atoms with Crippen molar-refractivity contribution in [2.45, 2.75) is 12.8 Å². The topological polar surface area (TPSA) is 73.6 Å². The molecule has 106 valence electrons. The predicted molar refractivity (Wildman–Crippen MR) is 82.9 cm³/mol. The minimum Gasteiger partial charge on any atom is -0.493 e. The van der Waals surface area contributed by atoms with E-state index in [0.717, 1.165) is 16.4 Å². The Morgan fingerprint density at radius 3 is 2.47 bits per heavy atom. The number of nitrogens with two attached hydrogens (primary N) is 1. The lowest BCUT2D eigenvalue weighted by Gasteiger charge is -2.12. The number of carbonyl (C=O) groups is 1. The lowest BCUT2D eigenvalue weighted by atomic mass is 10.2. The number of rotatable bonds is 7. The Labute approximate surface area is 127 Å². The molecule has 1 rings (SSSR count). The summed E-state index contributed by atoms with van der Waals surface area (Å²) >= 11 is 2.11. The summed E-state index contributed by atoms with van der Waals surface area (Å²) in [5.41, 5.74) is 6.00. The van der Waals surface area contributed by atoms with Crippen LogP contribution < -0.4 is 20.5 Å². The second-order valence-electron chi connectivity index (χ2n) is 3.94. The highest BCUT2D eigenvalue weighted by atomic mass is 127. The summed E-state index contributed by atoms with van der Waals surface area (Å²) in [7, 11) is 3.12. The summed E-state index contributed by atoms with van der Waals surface area (Å²) < 4.78 is 11.2. The van der Waals surface area contributed by atoms with Gasteiger partial charge in [0.2, 0.25) is 0 Å². The van der Waals surface area contributed by atoms with E-state index in [1.54, 1.807) is 26.4 Å². The maximum absolute atomic E-state index is 12.1. The summed E-state index contributed by atoms with van der Waals surface area (Å²) in [4.78, 5) is 12.1. The number of hydrogen-bond acceptors (Lipinski definition) is 4. The third-order valence-electron chi connectivity index (χ3n) is 2.63. The number of ether oxygens (including phenoxy) is 2. The van der Waals surface area contributed by atoms with E-state index >= 15 is 0 Å². The molecule has 0 unspecified atom stereocenters. The first-order chi connectivity index (χ1) is 9.13. The summed E-state index contributed by atoms with van der Waals surface area (Å²) in [6, 6.07) is 3.48. The molecule has 0 aliphatic carbocycles. The van der Waals surface area contributed by atoms with Gasteiger partial charge < -0.3 is 20.5 Å². The van der Waals surface area contributed by atoms with Crippen LogP contribution in [0.1, 0.15) is 23.2 Å². The Morgan fingerprint density at radius 1 is 1.26 bits per heavy atom. The third kappa shape index (κ3) is 4.54. The first-order valence-electron chi connectivity index (χ1n) is 6.03. The van der Waals surface area contributed by atoms with E-state index in [2.05, 4.69) is 27.9 Å². The van der Waals surface area contributed by atoms with Crippen LogP contribution in [0.5, 0.6) is 11.5 Å². The number of hydrogen-bond donors (Lipinski definition) is 2. The molecule has 0 atom stereocenters. The van der Waals surface area contributed by atoms with Gasteiger partial charge in [-0.25, -0.2) is 0 Å². The van der Waals surface area contributed by atoms with Crippen LogP contribution in [0.15, 0.2) is 12.1 Å². The van der Waals surface area contributed by atoms with Crippen LogP contribution in [0.25, 0.3) is 0 Å². The standard InChI is InChI=1S/C13H19IN2O3/c1-18-11-7-9(10(14)8-12(11)19-2)13(17)16-6-4-3-5-15/h7-8H,3-6,15H2,1-2H3,(H,16,17). The Bertz CT molecular complexity index is 438. The maximum atomic E-state index is 12.1. The molecule has 0 saturated heterocycles. The fraction of sp³-hybridized carbons (Fsp3) is 0.462. The second-order valence-corrected chi connectivity index (χ2v) is 5.10. The van der Waals surface area contributed by atoms with Crippen LogP contribution in [0, 0.1) is 3.57 Å². The van der Waals surface area contributed by atoms with Gasteiger partial charge in [-0.3, -0.25) is 4.79 Å². The molecule has 1 aromatic rings. The molecule has 0 radical (unpaired) electrons. The van der Waals surface area contributed by atoms with Crippen molar-refractivity contribution in [1.29, 1.82) is 0 Å². The average molecular weight is 378 g/mol. The van der Waals surface area contributed by atoms with Crippen LogP contribution in [0.4, 0.5) is 0 Å². The van der Waals surface area contributed by atoms with Crippen molar-refractivity contribution in [2.75, 3.05) is 27.3 Å². The van der Waals surface area contributed by atoms with E-state index in [-0.39, 0.29) is 5.91 Å². The molecule has 19 heavy (non-hydrogen) atoms. The molecule has 0 aliphatic heterocycles. The third-order valence-corrected chi connectivity index (χ3v) is 3.53. The summed E-state index contributed by atoms with van der Waals surface area (Å²) in [6.07, 6.45) is 1.79. The highest BCUT2D eigenvalue weighted by Crippen LogP contribution is 2.31. The SMILES string of the molecule is COc1cc(I)c(C(=O)NCCCCN)cc1OC. The zero-order valence-electron chi connectivity index (χ0n) is 11.2. The van der Waals surface area contributed by atoms with E-state index in [9.17, 15) is 4.79 Å². The fourth-order valence-electron chi connectivity index (χ4n) is 1.59. The number of halogens is 1. The van der Waals surface area contributed by atoms with Crippen molar-refractivity contribution < 1.29 is 14.3 Å². The molecule has 0 heterocycles. The molecule has 0 aromatic heterocycles. The predicted octanol–water partition coefficient (Wildman–Crippen LogP) is 1.78. The molecule has 0 fully saturated rings. The van der Waals surface area contributed by atoms with Crippen LogP contribution in [0.2, 0.25) is 0 Å². The van der Waals surface area contributed by atoms with Crippen LogP contribution in [0.3, 0.4) is 0 Å². The Morgan fingerprint density at radius 2 is 1.89 bits per heavy atom. The van der Waals surface area contributed by atoms with Crippen LogP contribution in [-0.4, -0.2) is 33.2 Å². The molecule has 3 N–H and O–H groups in total. The van der Waals surface area contributed by atoms with E-state index < -0.39 is 0 Å². The highest BCUT2D eigenvalue weighted by Gasteiger charge is 2.14. The largest absolute Gasteiger partial charge is 0.493 e. The van der Waals surface area contributed by atoms with Crippen molar-refractivity contribution in [2.24, 2.45) is 5.73 Å². The Kier molecular flexibility index (Phi) is 6.93. The molecule has 1 aromatic carbocycles. The van der Waals surface area contributed by atoms with E-state index in [0.29, 0.717) is 30.2 Å². The number of methoxy groups -OCH3 is 2. The van der Waals surface area contributed by atoms with Gasteiger partial charge in [-0.15, -0.1) is 0 Å². The van der Waals surface area contributed by atoms with Crippen molar-refractivity contribution in [3.63, 3.8) is 0 Å². The quantitative estimate of drug-likeness (QED) is 0.561. The minimum atomic E-state index is -0.109. The van der Waals surface area contributed by atoms with Gasteiger partial charge in [0.05, 0.1) is 19.8 Å². The molecule has 0 aliphatic rings. The first kappa shape index (κ1) is 16.0. The van der Waals surface area contributed by atoms with E-state index in [1.807, 2.05) is 0 Å². The van der Waals surface area contributed by atoms with Gasteiger partial charge in [-0.05, 0) is 54.1 Å². The summed E-state index contributed by atoms with van der Waals surface area (Å²) in [5, 5.41) is 2.87. The van der Waals surface area contributed by atoms with Crippen LogP contribution >= 0.6 is 22.6 Å². The fourth-order valence-corrected chi connectivity index (χ4v) is 2.28. The van der Waals surface area contributed by atoms with E-state index in [4.69, 9.17) is 15.2 Å². The molecular formula is C13H19IN2O3. The molecule has 0 saturated carbocycles. The Hall–Kier alpha value is -1.02. The normalized spacial score (nSPS) is 10.1. The second kappa shape index (κ2) is 8.21. The van der Waals surface area contributed by atoms with Crippen molar-refractivity contribution in [1.82, 2.24) is 5.32 Å². The van der Waals surface area contributed by atoms with Gasteiger partial charge in [0, 0.05) is 10.1 Å². The molecule has 0 spiro atoms.